The van der Waals surface area contributed by atoms with Crippen molar-refractivity contribution in [1.82, 2.24) is 10.2 Å². The number of nitrogens with zero attached hydrogens (tertiary/aromatic N) is 2. The predicted octanol–water partition coefficient (Wildman–Crippen LogP) is 0.588. The van der Waals surface area contributed by atoms with Crippen molar-refractivity contribution >= 4 is 6.34 Å². The molecule has 1 unspecified atom stereocenters. The van der Waals surface area contributed by atoms with Gasteiger partial charge in [-0.1, -0.05) is 30.7 Å². The molecule has 2 heterocycles. The lowest BCUT2D eigenvalue weighted by atomic mass is 9.95. The van der Waals surface area contributed by atoms with Crippen LogP contribution in [0.5, 0.6) is 0 Å². The smallest absolute Gasteiger partial charge is 0.157 e. The third kappa shape index (κ3) is 3.65. The maximum absolute atomic E-state index is 6.35. The first-order valence-electron chi connectivity index (χ1n) is 8.22. The van der Waals surface area contributed by atoms with Crippen LogP contribution in [0.25, 0.3) is 0 Å². The average Bonchev–Trinajstić information content (AvgIpc) is 2.54. The third-order valence-corrected chi connectivity index (χ3v) is 4.59. The summed E-state index contributed by atoms with van der Waals surface area (Å²) in [5, 5.41) is 2.79. The molecule has 0 amide bonds. The maximum Gasteiger partial charge on any atom is 0.157 e. The van der Waals surface area contributed by atoms with Crippen molar-refractivity contribution in [2.45, 2.75) is 37.9 Å². The molecule has 0 saturated carbocycles. The normalized spacial score (nSPS) is 25.4. The number of hydrogen-bond donors (Lipinski definition) is 4. The largest absolute Gasteiger partial charge is 0.396 e. The average molecular weight is 314 g/mol. The minimum Gasteiger partial charge on any atom is -0.396 e. The molecule has 0 spiro atoms. The highest BCUT2D eigenvalue weighted by Crippen LogP contribution is 2.22. The first kappa shape index (κ1) is 15.8. The summed E-state index contributed by atoms with van der Waals surface area (Å²) in [7, 11) is 0. The molecule has 3 rings (SSSR count). The van der Waals surface area contributed by atoms with Gasteiger partial charge in [0.05, 0.1) is 12.0 Å². The molecule has 0 bridgehead atoms. The Morgan fingerprint density at radius 2 is 1.87 bits per heavy atom. The SMILES string of the molecule is NC1=C(N)C(N)(Cc2cccc(CN3CCCCC3)c2)N=CN1. The molecule has 124 valence electrons. The molecule has 1 fully saturated rings. The van der Waals surface area contributed by atoms with Crippen LogP contribution in [0.15, 0.2) is 40.8 Å². The van der Waals surface area contributed by atoms with Crippen molar-refractivity contribution in [1.29, 1.82) is 0 Å². The molecule has 6 heteroatoms. The molecule has 7 N–H and O–H groups in total. The van der Waals surface area contributed by atoms with Gasteiger partial charge >= 0.3 is 0 Å². The fraction of sp³-hybridized carbons (Fsp3) is 0.471. The summed E-state index contributed by atoms with van der Waals surface area (Å²) in [6.07, 6.45) is 6.00. The monoisotopic (exact) mass is 314 g/mol. The van der Waals surface area contributed by atoms with E-state index in [1.165, 1.54) is 44.3 Å². The van der Waals surface area contributed by atoms with Crippen molar-refractivity contribution in [2.24, 2.45) is 22.2 Å². The van der Waals surface area contributed by atoms with E-state index in [-0.39, 0.29) is 0 Å². The van der Waals surface area contributed by atoms with E-state index in [0.717, 1.165) is 12.1 Å². The van der Waals surface area contributed by atoms with Crippen LogP contribution in [0.2, 0.25) is 0 Å². The van der Waals surface area contributed by atoms with Crippen LogP contribution >= 0.6 is 0 Å². The van der Waals surface area contributed by atoms with E-state index >= 15 is 0 Å². The fourth-order valence-corrected chi connectivity index (χ4v) is 3.26. The van der Waals surface area contributed by atoms with Crippen molar-refractivity contribution in [3.8, 4) is 0 Å². The summed E-state index contributed by atoms with van der Waals surface area (Å²) in [6, 6.07) is 8.51. The Morgan fingerprint density at radius 3 is 2.65 bits per heavy atom. The second kappa shape index (κ2) is 6.60. The minimum absolute atomic E-state index is 0.381. The molecule has 1 aromatic carbocycles. The standard InChI is InChI=1S/C17H26N6/c18-15-16(19)21-12-22-17(15,20)10-13-5-4-6-14(9-13)11-23-7-2-1-3-8-23/h4-6,9,12H,1-3,7-8,10-11,18-20H2,(H,21,22). The number of nitrogens with one attached hydrogen (secondary N) is 1. The summed E-state index contributed by atoms with van der Waals surface area (Å²) in [6.45, 7) is 3.37. The quantitative estimate of drug-likeness (QED) is 0.651. The highest BCUT2D eigenvalue weighted by atomic mass is 15.2. The van der Waals surface area contributed by atoms with Gasteiger partial charge in [-0.25, -0.2) is 4.99 Å². The van der Waals surface area contributed by atoms with Crippen LogP contribution < -0.4 is 22.5 Å². The zero-order valence-corrected chi connectivity index (χ0v) is 13.5. The molecule has 2 aliphatic rings. The highest BCUT2D eigenvalue weighted by molar-refractivity contribution is 5.61. The molecule has 1 aromatic rings. The third-order valence-electron chi connectivity index (χ3n) is 4.59. The van der Waals surface area contributed by atoms with E-state index in [9.17, 15) is 0 Å². The van der Waals surface area contributed by atoms with Crippen LogP contribution in [0.3, 0.4) is 0 Å². The van der Waals surface area contributed by atoms with Crippen LogP contribution in [0.1, 0.15) is 30.4 Å². The van der Waals surface area contributed by atoms with Crippen LogP contribution in [0, 0.1) is 0 Å². The molecule has 6 nitrogen and oxygen atoms in total. The molecular formula is C17H26N6. The Balaban J connectivity index is 1.72. The molecule has 2 aliphatic heterocycles. The van der Waals surface area contributed by atoms with E-state index in [0.29, 0.717) is 17.9 Å². The van der Waals surface area contributed by atoms with Gasteiger partial charge in [0, 0.05) is 13.0 Å². The van der Waals surface area contributed by atoms with E-state index in [1.807, 2.05) is 0 Å². The Hall–Kier alpha value is -2.05. The van der Waals surface area contributed by atoms with Gasteiger partial charge in [-0.05, 0) is 37.1 Å². The Bertz CT molecular complexity index is 617. The molecule has 0 aromatic heterocycles. The van der Waals surface area contributed by atoms with Crippen molar-refractivity contribution < 1.29 is 0 Å². The van der Waals surface area contributed by atoms with Crippen LogP contribution in [-0.2, 0) is 13.0 Å². The van der Waals surface area contributed by atoms with Gasteiger partial charge < -0.3 is 22.5 Å². The number of piperidine rings is 1. The zero-order valence-electron chi connectivity index (χ0n) is 13.5. The lowest BCUT2D eigenvalue weighted by Crippen LogP contribution is -2.51. The highest BCUT2D eigenvalue weighted by Gasteiger charge is 2.31. The number of rotatable bonds is 4. The van der Waals surface area contributed by atoms with Gasteiger partial charge in [-0.2, -0.15) is 0 Å². The number of benzene rings is 1. The van der Waals surface area contributed by atoms with Gasteiger partial charge in [0.2, 0.25) is 0 Å². The molecule has 0 radical (unpaired) electrons. The second-order valence-corrected chi connectivity index (χ2v) is 6.49. The molecule has 1 atom stereocenters. The number of hydrogen-bond acceptors (Lipinski definition) is 6. The Kier molecular flexibility index (Phi) is 4.54. The minimum atomic E-state index is -0.973. The van der Waals surface area contributed by atoms with Crippen molar-refractivity contribution in [3.63, 3.8) is 0 Å². The summed E-state index contributed by atoms with van der Waals surface area (Å²) in [4.78, 5) is 6.81. The lowest BCUT2D eigenvalue weighted by Gasteiger charge is -2.30. The number of likely N-dealkylation sites (tertiary alicyclic amines) is 1. The van der Waals surface area contributed by atoms with Gasteiger partial charge in [0.25, 0.3) is 0 Å². The topological polar surface area (TPSA) is 106 Å². The lowest BCUT2D eigenvalue weighted by molar-refractivity contribution is 0.221. The van der Waals surface area contributed by atoms with Gasteiger partial charge in [0.1, 0.15) is 5.82 Å². The predicted molar refractivity (Wildman–Crippen MR) is 93.2 cm³/mol. The Labute approximate surface area is 137 Å². The zero-order chi connectivity index (χ0) is 16.3. The Morgan fingerprint density at radius 1 is 1.13 bits per heavy atom. The summed E-state index contributed by atoms with van der Waals surface area (Å²) in [5.41, 5.74) is 20.1. The summed E-state index contributed by atoms with van der Waals surface area (Å²) >= 11 is 0. The van der Waals surface area contributed by atoms with Crippen LogP contribution in [0.4, 0.5) is 0 Å². The molecule has 0 aliphatic carbocycles. The van der Waals surface area contributed by atoms with E-state index in [4.69, 9.17) is 17.2 Å². The molecule has 1 saturated heterocycles. The molecular weight excluding hydrogens is 288 g/mol. The number of nitrogens with two attached hydrogens (primary N) is 3. The van der Waals surface area contributed by atoms with E-state index in [1.54, 1.807) is 0 Å². The van der Waals surface area contributed by atoms with Gasteiger partial charge in [0.15, 0.2) is 5.66 Å². The first-order chi connectivity index (χ1) is 11.1. The first-order valence-corrected chi connectivity index (χ1v) is 8.22. The van der Waals surface area contributed by atoms with E-state index < -0.39 is 5.66 Å². The number of aliphatic imine (C=N–C) groups is 1. The van der Waals surface area contributed by atoms with Crippen LogP contribution in [-0.4, -0.2) is 30.0 Å². The van der Waals surface area contributed by atoms with Crippen molar-refractivity contribution in [3.05, 3.63) is 46.9 Å². The second-order valence-electron chi connectivity index (χ2n) is 6.49. The summed E-state index contributed by atoms with van der Waals surface area (Å²) < 4.78 is 0. The van der Waals surface area contributed by atoms with Gasteiger partial charge in [-0.15, -0.1) is 0 Å². The molecule has 23 heavy (non-hydrogen) atoms. The van der Waals surface area contributed by atoms with Gasteiger partial charge in [-0.3, -0.25) is 4.90 Å². The maximum atomic E-state index is 6.35. The summed E-state index contributed by atoms with van der Waals surface area (Å²) in [5.74, 6) is 0.381. The van der Waals surface area contributed by atoms with Crippen molar-refractivity contribution in [2.75, 3.05) is 13.1 Å². The van der Waals surface area contributed by atoms with E-state index in [2.05, 4.69) is 39.5 Å². The fourth-order valence-electron chi connectivity index (χ4n) is 3.26.